The highest BCUT2D eigenvalue weighted by Crippen LogP contribution is 2.34. The Bertz CT molecular complexity index is 1180. The van der Waals surface area contributed by atoms with Crippen molar-refractivity contribution in [2.75, 3.05) is 12.4 Å². The lowest BCUT2D eigenvalue weighted by Crippen LogP contribution is -2.24. The van der Waals surface area contributed by atoms with Gasteiger partial charge < -0.3 is 4.74 Å². The molecule has 1 amide bonds. The topological polar surface area (TPSA) is 103 Å². The summed E-state index contributed by atoms with van der Waals surface area (Å²) in [4.78, 5) is 20.0. The molecule has 9 heteroatoms. The molecule has 3 aromatic rings. The molecule has 0 unspecified atom stereocenters. The number of hydrogen-bond donors (Lipinski definition) is 1. The van der Waals surface area contributed by atoms with E-state index in [9.17, 15) is 13.2 Å². The van der Waals surface area contributed by atoms with Crippen LogP contribution in [0.4, 0.5) is 10.6 Å². The second-order valence-corrected chi connectivity index (χ2v) is 9.22. The van der Waals surface area contributed by atoms with Crippen molar-refractivity contribution in [2.45, 2.75) is 37.9 Å². The van der Waals surface area contributed by atoms with Crippen LogP contribution in [0.5, 0.6) is 0 Å². The molecule has 0 spiro atoms. The number of nitrogens with one attached hydrogen (secondary N) is 1. The van der Waals surface area contributed by atoms with Crippen molar-refractivity contribution in [1.82, 2.24) is 13.9 Å². The fourth-order valence-electron chi connectivity index (χ4n) is 3.89. The van der Waals surface area contributed by atoms with Crippen molar-refractivity contribution >= 4 is 32.8 Å². The summed E-state index contributed by atoms with van der Waals surface area (Å²) in [5.74, 6) is 0.334. The summed E-state index contributed by atoms with van der Waals surface area (Å²) < 4.78 is 32.4. The van der Waals surface area contributed by atoms with E-state index in [1.54, 1.807) is 36.8 Å². The van der Waals surface area contributed by atoms with Gasteiger partial charge in [-0.2, -0.15) is 0 Å². The number of anilines is 1. The molecule has 0 bridgehead atoms. The van der Waals surface area contributed by atoms with Gasteiger partial charge in [-0.15, -0.1) is 0 Å². The van der Waals surface area contributed by atoms with Crippen LogP contribution < -0.4 is 5.32 Å². The Hall–Kier alpha value is -2.94. The van der Waals surface area contributed by atoms with Gasteiger partial charge in [-0.25, -0.2) is 22.2 Å². The Morgan fingerprint density at radius 2 is 2.00 bits per heavy atom. The number of amides is 1. The van der Waals surface area contributed by atoms with E-state index in [2.05, 4.69) is 20.0 Å². The van der Waals surface area contributed by atoms with E-state index >= 15 is 0 Å². The molecular weight excluding hydrogens is 392 g/mol. The maximum Gasteiger partial charge on any atom is 0.412 e. The van der Waals surface area contributed by atoms with E-state index in [4.69, 9.17) is 0 Å². The minimum absolute atomic E-state index is 0.334. The number of pyridine rings is 2. The number of ether oxygens (including phenoxy) is 1. The summed E-state index contributed by atoms with van der Waals surface area (Å²) in [5, 5.41) is 2.97. The minimum atomic E-state index is -3.48. The molecule has 1 fully saturated rings. The number of nitrogens with zero attached hydrogens (tertiary/aromatic N) is 3. The van der Waals surface area contributed by atoms with Gasteiger partial charge in [0.15, 0.2) is 0 Å². The van der Waals surface area contributed by atoms with Crippen LogP contribution in [-0.2, 0) is 14.8 Å². The number of aryl methyl sites for hydroxylation is 1. The monoisotopic (exact) mass is 414 g/mol. The molecular formula is C20H22N4O4S. The van der Waals surface area contributed by atoms with Gasteiger partial charge in [0, 0.05) is 29.5 Å². The number of rotatable bonds is 4. The molecule has 0 radical (unpaired) electrons. The molecule has 0 saturated heterocycles. The zero-order valence-corrected chi connectivity index (χ0v) is 17.1. The lowest BCUT2D eigenvalue weighted by Gasteiger charge is -2.15. The molecule has 3 heterocycles. The Balaban J connectivity index is 1.82. The first kappa shape index (κ1) is 19.4. The third kappa shape index (κ3) is 3.46. The fraction of sp³-hybridized carbons (Fsp3) is 0.350. The Labute approximate surface area is 169 Å². The molecule has 1 saturated carbocycles. The standard InChI is InChI=1S/C20H22N4O4S/c1-13-19-16(8-10-24(19)29(26,27)15-5-3-4-6-15)17(12-22-13)14-7-9-21-18(11-14)23-20(25)28-2/h7-12,15H,3-6H2,1-2H3,(H,21,23,25). The van der Waals surface area contributed by atoms with Crippen molar-refractivity contribution in [2.24, 2.45) is 0 Å². The van der Waals surface area contributed by atoms with Crippen molar-refractivity contribution in [1.29, 1.82) is 0 Å². The van der Waals surface area contributed by atoms with Crippen LogP contribution in [0.15, 0.2) is 36.8 Å². The van der Waals surface area contributed by atoms with Crippen LogP contribution in [0.25, 0.3) is 22.0 Å². The average Bonchev–Trinajstić information content (AvgIpc) is 3.39. The van der Waals surface area contributed by atoms with Crippen LogP contribution in [0, 0.1) is 6.92 Å². The van der Waals surface area contributed by atoms with Crippen LogP contribution in [-0.4, -0.2) is 40.8 Å². The first-order valence-corrected chi connectivity index (χ1v) is 10.9. The summed E-state index contributed by atoms with van der Waals surface area (Å²) >= 11 is 0. The zero-order chi connectivity index (χ0) is 20.6. The lowest BCUT2D eigenvalue weighted by molar-refractivity contribution is 0.187. The number of hydrogen-bond acceptors (Lipinski definition) is 6. The van der Waals surface area contributed by atoms with E-state index in [-0.39, 0.29) is 5.25 Å². The van der Waals surface area contributed by atoms with Crippen LogP contribution in [0.1, 0.15) is 31.4 Å². The quantitative estimate of drug-likeness (QED) is 0.698. The number of fused-ring (bicyclic) bond motifs is 1. The zero-order valence-electron chi connectivity index (χ0n) is 16.3. The van der Waals surface area contributed by atoms with E-state index < -0.39 is 16.1 Å². The summed E-state index contributed by atoms with van der Waals surface area (Å²) in [6.07, 6.45) is 7.56. The fourth-order valence-corrected chi connectivity index (χ4v) is 5.85. The molecule has 0 atom stereocenters. The predicted molar refractivity (Wildman–Crippen MR) is 110 cm³/mol. The maximum atomic E-state index is 13.2. The predicted octanol–water partition coefficient (Wildman–Crippen LogP) is 3.71. The molecule has 29 heavy (non-hydrogen) atoms. The lowest BCUT2D eigenvalue weighted by atomic mass is 10.0. The van der Waals surface area contributed by atoms with E-state index in [1.807, 2.05) is 6.92 Å². The van der Waals surface area contributed by atoms with Crippen LogP contribution in [0.3, 0.4) is 0 Å². The molecule has 152 valence electrons. The van der Waals surface area contributed by atoms with Crippen molar-refractivity contribution < 1.29 is 17.9 Å². The second-order valence-electron chi connectivity index (χ2n) is 7.13. The summed E-state index contributed by atoms with van der Waals surface area (Å²) in [6, 6.07) is 5.29. The Morgan fingerprint density at radius 1 is 1.24 bits per heavy atom. The largest absolute Gasteiger partial charge is 0.453 e. The van der Waals surface area contributed by atoms with Crippen molar-refractivity contribution in [3.8, 4) is 11.1 Å². The molecule has 4 rings (SSSR count). The van der Waals surface area contributed by atoms with Gasteiger partial charge in [0.2, 0.25) is 10.0 Å². The van der Waals surface area contributed by atoms with Crippen LogP contribution >= 0.6 is 0 Å². The van der Waals surface area contributed by atoms with Crippen LogP contribution in [0.2, 0.25) is 0 Å². The highest BCUT2D eigenvalue weighted by atomic mass is 32.2. The number of methoxy groups -OCH3 is 1. The average molecular weight is 414 g/mol. The minimum Gasteiger partial charge on any atom is -0.453 e. The van der Waals surface area contributed by atoms with Gasteiger partial charge >= 0.3 is 6.09 Å². The summed E-state index contributed by atoms with van der Waals surface area (Å²) in [5.41, 5.74) is 2.77. The molecule has 1 N–H and O–H groups in total. The van der Waals surface area contributed by atoms with Gasteiger partial charge in [0.25, 0.3) is 0 Å². The molecule has 3 aromatic heterocycles. The van der Waals surface area contributed by atoms with E-state index in [0.717, 1.165) is 29.4 Å². The van der Waals surface area contributed by atoms with E-state index in [0.29, 0.717) is 29.9 Å². The molecule has 0 aromatic carbocycles. The van der Waals surface area contributed by atoms with Gasteiger partial charge in [0.1, 0.15) is 5.82 Å². The molecule has 8 nitrogen and oxygen atoms in total. The van der Waals surface area contributed by atoms with Crippen molar-refractivity contribution in [3.63, 3.8) is 0 Å². The maximum absolute atomic E-state index is 13.2. The number of carbonyl (C=O) groups is 1. The number of aromatic nitrogens is 3. The summed E-state index contributed by atoms with van der Waals surface area (Å²) in [6.45, 7) is 1.81. The highest BCUT2D eigenvalue weighted by molar-refractivity contribution is 7.90. The third-order valence-corrected chi connectivity index (χ3v) is 7.52. The van der Waals surface area contributed by atoms with Gasteiger partial charge in [-0.3, -0.25) is 10.3 Å². The number of carbonyl (C=O) groups excluding carboxylic acids is 1. The van der Waals surface area contributed by atoms with Crippen molar-refractivity contribution in [3.05, 3.63) is 42.5 Å². The van der Waals surface area contributed by atoms with Gasteiger partial charge in [-0.1, -0.05) is 12.8 Å². The SMILES string of the molecule is COC(=O)Nc1cc(-c2cnc(C)c3c2ccn3S(=O)(=O)C2CCCC2)ccn1. The van der Waals surface area contributed by atoms with Gasteiger partial charge in [-0.05, 0) is 43.5 Å². The Kier molecular flexibility index (Phi) is 4.99. The molecule has 1 aliphatic carbocycles. The second kappa shape index (κ2) is 7.47. The first-order valence-electron chi connectivity index (χ1n) is 9.44. The molecule has 1 aliphatic rings. The Morgan fingerprint density at radius 3 is 2.72 bits per heavy atom. The van der Waals surface area contributed by atoms with Gasteiger partial charge in [0.05, 0.1) is 23.6 Å². The van der Waals surface area contributed by atoms with E-state index in [1.165, 1.54) is 11.1 Å². The molecule has 0 aliphatic heterocycles. The summed E-state index contributed by atoms with van der Waals surface area (Å²) in [7, 11) is -2.20. The normalized spacial score (nSPS) is 15.0. The smallest absolute Gasteiger partial charge is 0.412 e. The highest BCUT2D eigenvalue weighted by Gasteiger charge is 2.31. The first-order chi connectivity index (χ1) is 13.9. The third-order valence-electron chi connectivity index (χ3n) is 5.36.